The second-order valence-corrected chi connectivity index (χ2v) is 7.19. The predicted molar refractivity (Wildman–Crippen MR) is 86.7 cm³/mol. The minimum absolute atomic E-state index is 0.342. The summed E-state index contributed by atoms with van der Waals surface area (Å²) in [6.07, 6.45) is 3.04. The van der Waals surface area contributed by atoms with Crippen LogP contribution in [0.4, 0.5) is 0 Å². The van der Waals surface area contributed by atoms with Crippen LogP contribution in [0.1, 0.15) is 16.7 Å². The van der Waals surface area contributed by atoms with E-state index in [0.717, 1.165) is 46.6 Å². The smallest absolute Gasteiger partial charge is 0.231 e. The largest absolute Gasteiger partial charge is 0.454 e. The zero-order valence-corrected chi connectivity index (χ0v) is 14.1. The zero-order chi connectivity index (χ0) is 15.2. The number of hydrogen-bond acceptors (Lipinski definition) is 3. The number of pyridine rings is 1. The third kappa shape index (κ3) is 2.59. The van der Waals surface area contributed by atoms with Gasteiger partial charge in [-0.1, -0.05) is 0 Å². The van der Waals surface area contributed by atoms with Crippen molar-refractivity contribution in [3.05, 3.63) is 51.8 Å². The molecule has 1 atom stereocenters. The topological polar surface area (TPSA) is 31.4 Å². The van der Waals surface area contributed by atoms with Crippen LogP contribution in [0.3, 0.4) is 0 Å². The Bertz CT molecular complexity index is 717. The Hall–Kier alpha value is -1.59. The van der Waals surface area contributed by atoms with Crippen LogP contribution in [0.5, 0.6) is 11.5 Å². The molecule has 1 aromatic carbocycles. The molecule has 0 N–H and O–H groups in total. The van der Waals surface area contributed by atoms with E-state index in [0.29, 0.717) is 6.79 Å². The van der Waals surface area contributed by atoms with Gasteiger partial charge in [0, 0.05) is 23.7 Å². The first kappa shape index (κ1) is 14.0. The Balaban J connectivity index is 1.58. The minimum Gasteiger partial charge on any atom is -0.454 e. The Kier molecular flexibility index (Phi) is 3.35. The SMILES string of the molecule is C[N+]1(Cc2ccc(Br)nc2)CCc2cc3c(cc2C1)OCO3. The summed E-state index contributed by atoms with van der Waals surface area (Å²) < 4.78 is 12.9. The molecule has 0 amide bonds. The highest BCUT2D eigenvalue weighted by Gasteiger charge is 2.31. The normalized spacial score (nSPS) is 22.5. The molecule has 22 heavy (non-hydrogen) atoms. The molecule has 0 saturated carbocycles. The van der Waals surface area contributed by atoms with Gasteiger partial charge in [-0.3, -0.25) is 0 Å². The number of nitrogens with zero attached hydrogens (tertiary/aromatic N) is 2. The molecule has 0 radical (unpaired) electrons. The van der Waals surface area contributed by atoms with E-state index in [2.05, 4.69) is 46.2 Å². The van der Waals surface area contributed by atoms with Gasteiger partial charge in [-0.15, -0.1) is 0 Å². The average Bonchev–Trinajstić information content (AvgIpc) is 2.94. The van der Waals surface area contributed by atoms with Gasteiger partial charge in [0.15, 0.2) is 11.5 Å². The number of benzene rings is 1. The molecule has 0 fully saturated rings. The molecule has 2 aliphatic rings. The molecular weight excluding hydrogens is 344 g/mol. The van der Waals surface area contributed by atoms with E-state index in [1.807, 2.05) is 12.3 Å². The Labute approximate surface area is 138 Å². The zero-order valence-electron chi connectivity index (χ0n) is 12.5. The summed E-state index contributed by atoms with van der Waals surface area (Å²) in [7, 11) is 2.32. The van der Waals surface area contributed by atoms with Crippen LogP contribution >= 0.6 is 15.9 Å². The molecule has 5 heteroatoms. The van der Waals surface area contributed by atoms with Gasteiger partial charge in [0.1, 0.15) is 17.7 Å². The summed E-state index contributed by atoms with van der Waals surface area (Å²) in [6.45, 7) is 3.48. The fourth-order valence-electron chi connectivity index (χ4n) is 3.36. The number of fused-ring (bicyclic) bond motifs is 2. The molecule has 2 aliphatic heterocycles. The van der Waals surface area contributed by atoms with Crippen molar-refractivity contribution < 1.29 is 14.0 Å². The predicted octanol–water partition coefficient (Wildman–Crippen LogP) is 3.28. The van der Waals surface area contributed by atoms with Crippen molar-refractivity contribution in [2.24, 2.45) is 0 Å². The first-order valence-corrected chi connectivity index (χ1v) is 8.26. The third-order valence-electron chi connectivity index (χ3n) is 4.52. The van der Waals surface area contributed by atoms with Crippen molar-refractivity contribution in [3.63, 3.8) is 0 Å². The van der Waals surface area contributed by atoms with Gasteiger partial charge in [0.05, 0.1) is 13.6 Å². The molecule has 4 rings (SSSR count). The fourth-order valence-corrected chi connectivity index (χ4v) is 3.60. The summed E-state index contributed by atoms with van der Waals surface area (Å²) in [6, 6.07) is 8.47. The Morgan fingerprint density at radius 3 is 2.68 bits per heavy atom. The number of halogens is 1. The van der Waals surface area contributed by atoms with Gasteiger partial charge in [0.25, 0.3) is 0 Å². The van der Waals surface area contributed by atoms with Gasteiger partial charge < -0.3 is 14.0 Å². The molecule has 1 aromatic heterocycles. The van der Waals surface area contributed by atoms with E-state index in [1.54, 1.807) is 0 Å². The Morgan fingerprint density at radius 2 is 1.95 bits per heavy atom. The third-order valence-corrected chi connectivity index (χ3v) is 4.99. The van der Waals surface area contributed by atoms with Crippen molar-refractivity contribution in [1.29, 1.82) is 0 Å². The lowest BCUT2D eigenvalue weighted by Gasteiger charge is -2.38. The van der Waals surface area contributed by atoms with Gasteiger partial charge in [0.2, 0.25) is 6.79 Å². The van der Waals surface area contributed by atoms with Crippen LogP contribution in [-0.2, 0) is 19.5 Å². The summed E-state index contributed by atoms with van der Waals surface area (Å²) in [5, 5.41) is 0. The highest BCUT2D eigenvalue weighted by atomic mass is 79.9. The lowest BCUT2D eigenvalue weighted by molar-refractivity contribution is -0.937. The van der Waals surface area contributed by atoms with Crippen LogP contribution in [0.15, 0.2) is 35.1 Å². The lowest BCUT2D eigenvalue weighted by atomic mass is 9.96. The maximum atomic E-state index is 5.52. The number of ether oxygens (including phenoxy) is 2. The summed E-state index contributed by atoms with van der Waals surface area (Å²) in [4.78, 5) is 4.34. The van der Waals surface area contributed by atoms with E-state index in [9.17, 15) is 0 Å². The van der Waals surface area contributed by atoms with Crippen LogP contribution in [0.2, 0.25) is 0 Å². The maximum absolute atomic E-state index is 5.52. The second-order valence-electron chi connectivity index (χ2n) is 6.37. The van der Waals surface area contributed by atoms with Gasteiger partial charge in [-0.05, 0) is 45.8 Å². The highest BCUT2D eigenvalue weighted by molar-refractivity contribution is 9.10. The molecule has 2 aromatic rings. The fraction of sp³-hybridized carbons (Fsp3) is 0.353. The van der Waals surface area contributed by atoms with Crippen LogP contribution in [-0.4, -0.2) is 29.9 Å². The van der Waals surface area contributed by atoms with Crippen molar-refractivity contribution in [3.8, 4) is 11.5 Å². The first-order valence-electron chi connectivity index (χ1n) is 7.47. The number of hydrogen-bond donors (Lipinski definition) is 0. The van der Waals surface area contributed by atoms with Crippen molar-refractivity contribution in [2.45, 2.75) is 19.5 Å². The molecular formula is C17H18BrN2O2+. The number of quaternary nitrogens is 1. The summed E-state index contributed by atoms with van der Waals surface area (Å²) in [5.74, 6) is 1.78. The van der Waals surface area contributed by atoms with E-state index in [-0.39, 0.29) is 0 Å². The molecule has 0 spiro atoms. The molecule has 0 bridgehead atoms. The van der Waals surface area contributed by atoms with E-state index >= 15 is 0 Å². The van der Waals surface area contributed by atoms with Gasteiger partial charge in [-0.2, -0.15) is 0 Å². The Morgan fingerprint density at radius 1 is 1.18 bits per heavy atom. The molecule has 1 unspecified atom stereocenters. The molecule has 4 nitrogen and oxygen atoms in total. The number of rotatable bonds is 2. The molecule has 114 valence electrons. The average molecular weight is 362 g/mol. The maximum Gasteiger partial charge on any atom is 0.231 e. The lowest BCUT2D eigenvalue weighted by Crippen LogP contribution is -2.46. The van der Waals surface area contributed by atoms with Crippen LogP contribution in [0.25, 0.3) is 0 Å². The molecule has 0 saturated heterocycles. The molecule has 3 heterocycles. The van der Waals surface area contributed by atoms with Gasteiger partial charge >= 0.3 is 0 Å². The van der Waals surface area contributed by atoms with Crippen LogP contribution < -0.4 is 9.47 Å². The molecule has 0 aliphatic carbocycles. The first-order chi connectivity index (χ1) is 10.6. The number of aromatic nitrogens is 1. The summed E-state index contributed by atoms with van der Waals surface area (Å²) in [5.41, 5.74) is 4.05. The summed E-state index contributed by atoms with van der Waals surface area (Å²) >= 11 is 3.39. The number of likely N-dealkylation sites (N-methyl/N-ethyl adjacent to an activating group) is 1. The quantitative estimate of drug-likeness (QED) is 0.607. The van der Waals surface area contributed by atoms with Crippen molar-refractivity contribution in [1.82, 2.24) is 4.98 Å². The van der Waals surface area contributed by atoms with Crippen LogP contribution in [0, 0.1) is 0 Å². The van der Waals surface area contributed by atoms with E-state index in [1.165, 1.54) is 16.7 Å². The second kappa shape index (κ2) is 5.25. The van der Waals surface area contributed by atoms with Gasteiger partial charge in [-0.25, -0.2) is 4.98 Å². The van der Waals surface area contributed by atoms with E-state index < -0.39 is 0 Å². The van der Waals surface area contributed by atoms with Crippen molar-refractivity contribution >= 4 is 15.9 Å². The minimum atomic E-state index is 0.342. The van der Waals surface area contributed by atoms with E-state index in [4.69, 9.17) is 9.47 Å². The van der Waals surface area contributed by atoms with Crippen molar-refractivity contribution in [2.75, 3.05) is 20.4 Å². The highest BCUT2D eigenvalue weighted by Crippen LogP contribution is 2.38. The standard InChI is InChI=1S/C17H18BrN2O2/c1-20(9-12-2-3-17(18)19-8-12)5-4-13-6-15-16(22-11-21-15)7-14(13)10-20/h2-3,6-8H,4-5,9-11H2,1H3/q+1. The monoisotopic (exact) mass is 361 g/mol.